The molecule has 2 saturated heterocycles. The Morgan fingerprint density at radius 1 is 1.52 bits per heavy atom. The lowest BCUT2D eigenvalue weighted by Crippen LogP contribution is -2.44. The highest BCUT2D eigenvalue weighted by molar-refractivity contribution is 9.10. The molecule has 5 heteroatoms. The van der Waals surface area contributed by atoms with Crippen LogP contribution in [-0.2, 0) is 4.74 Å². The molecule has 2 unspecified atom stereocenters. The van der Waals surface area contributed by atoms with Crippen molar-refractivity contribution in [2.45, 2.75) is 43.9 Å². The highest BCUT2D eigenvalue weighted by atomic mass is 79.9. The van der Waals surface area contributed by atoms with E-state index in [4.69, 9.17) is 15.2 Å². The molecule has 2 N–H and O–H groups in total. The van der Waals surface area contributed by atoms with E-state index in [0.717, 1.165) is 47.4 Å². The minimum atomic E-state index is -0.0339. The van der Waals surface area contributed by atoms with Crippen LogP contribution in [0, 0.1) is 0 Å². The zero-order valence-electron chi connectivity index (χ0n) is 12.3. The van der Waals surface area contributed by atoms with Crippen molar-refractivity contribution in [1.82, 2.24) is 0 Å². The van der Waals surface area contributed by atoms with E-state index in [2.05, 4.69) is 22.0 Å². The molecule has 2 aliphatic rings. The van der Waals surface area contributed by atoms with Gasteiger partial charge >= 0.3 is 0 Å². The van der Waals surface area contributed by atoms with Crippen molar-refractivity contribution in [2.75, 3.05) is 18.1 Å². The van der Waals surface area contributed by atoms with Crippen molar-refractivity contribution < 1.29 is 9.47 Å². The largest absolute Gasteiger partial charge is 0.490 e. The fourth-order valence-electron chi connectivity index (χ4n) is 3.11. The van der Waals surface area contributed by atoms with E-state index in [9.17, 15) is 0 Å². The summed E-state index contributed by atoms with van der Waals surface area (Å²) < 4.78 is 13.4. The average molecular weight is 372 g/mol. The molecule has 1 aromatic rings. The number of halogens is 1. The zero-order chi connectivity index (χ0) is 14.9. The van der Waals surface area contributed by atoms with Crippen LogP contribution in [0.25, 0.3) is 0 Å². The Morgan fingerprint density at radius 2 is 2.38 bits per heavy atom. The summed E-state index contributed by atoms with van der Waals surface area (Å²) in [6.07, 6.45) is 3.34. The van der Waals surface area contributed by atoms with Gasteiger partial charge in [-0.3, -0.25) is 0 Å². The van der Waals surface area contributed by atoms with Gasteiger partial charge in [-0.05, 0) is 37.3 Å². The monoisotopic (exact) mass is 371 g/mol. The Hall–Kier alpha value is -0.230. The fourth-order valence-corrected chi connectivity index (χ4v) is 4.87. The van der Waals surface area contributed by atoms with Gasteiger partial charge in [-0.1, -0.05) is 15.9 Å². The fraction of sp³-hybridized carbons (Fsp3) is 0.625. The summed E-state index contributed by atoms with van der Waals surface area (Å²) >= 11 is 5.50. The van der Waals surface area contributed by atoms with E-state index >= 15 is 0 Å². The molecule has 3 rings (SSSR count). The molecule has 2 fully saturated rings. The van der Waals surface area contributed by atoms with Crippen LogP contribution in [0.4, 0.5) is 0 Å². The summed E-state index contributed by atoms with van der Waals surface area (Å²) in [7, 11) is 0. The average Bonchev–Trinajstić information content (AvgIpc) is 2.88. The standard InChI is InChI=1S/C16H22BrNO2S/c1-11(18)14-8-12(17)2-3-15(14)20-13-4-6-19-16(9-13)5-7-21-10-16/h2-3,8,11,13H,4-7,9-10,18H2,1H3/t11-,13?,16?/m1/s1. The molecule has 3 atom stereocenters. The second-order valence-corrected chi connectivity index (χ2v) is 8.06. The van der Waals surface area contributed by atoms with E-state index in [0.29, 0.717) is 0 Å². The summed E-state index contributed by atoms with van der Waals surface area (Å²) in [6.45, 7) is 2.79. The van der Waals surface area contributed by atoms with Crippen molar-refractivity contribution in [3.8, 4) is 5.75 Å². The van der Waals surface area contributed by atoms with Gasteiger partial charge in [-0.25, -0.2) is 0 Å². The van der Waals surface area contributed by atoms with Crippen LogP contribution in [0.3, 0.4) is 0 Å². The van der Waals surface area contributed by atoms with Crippen LogP contribution in [0.15, 0.2) is 22.7 Å². The van der Waals surface area contributed by atoms with Crippen LogP contribution < -0.4 is 10.5 Å². The molecular formula is C16H22BrNO2S. The molecule has 0 saturated carbocycles. The highest BCUT2D eigenvalue weighted by Gasteiger charge is 2.41. The molecule has 0 aromatic heterocycles. The minimum absolute atomic E-state index is 0.0339. The lowest BCUT2D eigenvalue weighted by molar-refractivity contribution is -0.0960. The maximum Gasteiger partial charge on any atom is 0.124 e. The van der Waals surface area contributed by atoms with E-state index in [1.807, 2.05) is 30.8 Å². The Morgan fingerprint density at radius 3 is 3.10 bits per heavy atom. The number of hydrogen-bond acceptors (Lipinski definition) is 4. The molecule has 21 heavy (non-hydrogen) atoms. The van der Waals surface area contributed by atoms with E-state index in [-0.39, 0.29) is 17.7 Å². The first kappa shape index (κ1) is 15.7. The molecular weight excluding hydrogens is 350 g/mol. The minimum Gasteiger partial charge on any atom is -0.490 e. The van der Waals surface area contributed by atoms with Crippen molar-refractivity contribution in [1.29, 1.82) is 0 Å². The van der Waals surface area contributed by atoms with Gasteiger partial charge < -0.3 is 15.2 Å². The van der Waals surface area contributed by atoms with Gasteiger partial charge in [0.1, 0.15) is 11.9 Å². The summed E-state index contributed by atoms with van der Waals surface area (Å²) in [5.41, 5.74) is 7.19. The smallest absolute Gasteiger partial charge is 0.124 e. The number of rotatable bonds is 3. The molecule has 116 valence electrons. The van der Waals surface area contributed by atoms with Crippen LogP contribution in [0.1, 0.15) is 37.8 Å². The van der Waals surface area contributed by atoms with Crippen LogP contribution in [0.2, 0.25) is 0 Å². The Balaban J connectivity index is 1.74. The molecule has 0 amide bonds. The number of benzene rings is 1. The third kappa shape index (κ3) is 3.58. The summed E-state index contributed by atoms with van der Waals surface area (Å²) in [5, 5.41) is 0. The normalized spacial score (nSPS) is 30.5. The Labute approximate surface area is 139 Å². The van der Waals surface area contributed by atoms with Crippen LogP contribution in [0.5, 0.6) is 5.75 Å². The predicted octanol–water partition coefficient (Wildman–Crippen LogP) is 3.90. The SMILES string of the molecule is C[C@@H](N)c1cc(Br)ccc1OC1CCOC2(CCSC2)C1. The highest BCUT2D eigenvalue weighted by Crippen LogP contribution is 2.40. The quantitative estimate of drug-likeness (QED) is 0.874. The van der Waals surface area contributed by atoms with E-state index < -0.39 is 0 Å². The number of ether oxygens (including phenoxy) is 2. The summed E-state index contributed by atoms with van der Waals surface area (Å²) in [4.78, 5) is 0. The van der Waals surface area contributed by atoms with Gasteiger partial charge in [0.2, 0.25) is 0 Å². The van der Waals surface area contributed by atoms with Crippen molar-refractivity contribution in [3.05, 3.63) is 28.2 Å². The second kappa shape index (κ2) is 6.49. The predicted molar refractivity (Wildman–Crippen MR) is 91.0 cm³/mol. The van der Waals surface area contributed by atoms with Crippen molar-refractivity contribution in [2.24, 2.45) is 5.73 Å². The summed E-state index contributed by atoms with van der Waals surface area (Å²) in [5.74, 6) is 3.23. The maximum absolute atomic E-state index is 6.30. The van der Waals surface area contributed by atoms with Gasteiger partial charge in [0.05, 0.1) is 12.2 Å². The maximum atomic E-state index is 6.30. The van der Waals surface area contributed by atoms with Gasteiger partial charge in [0.25, 0.3) is 0 Å². The number of thioether (sulfide) groups is 1. The molecule has 1 spiro atoms. The summed E-state index contributed by atoms with van der Waals surface area (Å²) in [6, 6.07) is 6.06. The second-order valence-electron chi connectivity index (χ2n) is 6.04. The van der Waals surface area contributed by atoms with Crippen LogP contribution >= 0.6 is 27.7 Å². The third-order valence-corrected chi connectivity index (χ3v) is 5.99. The lowest BCUT2D eigenvalue weighted by atomic mass is 9.91. The number of hydrogen-bond donors (Lipinski definition) is 1. The zero-order valence-corrected chi connectivity index (χ0v) is 14.7. The van der Waals surface area contributed by atoms with Crippen molar-refractivity contribution in [3.63, 3.8) is 0 Å². The molecule has 1 aromatic carbocycles. The molecule has 0 aliphatic carbocycles. The first-order chi connectivity index (χ1) is 10.1. The molecule has 0 radical (unpaired) electrons. The van der Waals surface area contributed by atoms with Gasteiger partial charge in [-0.15, -0.1) is 0 Å². The first-order valence-corrected chi connectivity index (χ1v) is 9.46. The van der Waals surface area contributed by atoms with E-state index in [1.165, 1.54) is 5.75 Å². The van der Waals surface area contributed by atoms with Gasteiger partial charge in [-0.2, -0.15) is 11.8 Å². The van der Waals surface area contributed by atoms with Crippen LogP contribution in [-0.4, -0.2) is 29.8 Å². The lowest BCUT2D eigenvalue weighted by Gasteiger charge is -2.38. The molecule has 2 aliphatic heterocycles. The Kier molecular flexibility index (Phi) is 4.84. The molecule has 3 nitrogen and oxygen atoms in total. The van der Waals surface area contributed by atoms with Crippen molar-refractivity contribution >= 4 is 27.7 Å². The van der Waals surface area contributed by atoms with Gasteiger partial charge in [0.15, 0.2) is 0 Å². The third-order valence-electron chi connectivity index (χ3n) is 4.27. The molecule has 0 bridgehead atoms. The Bertz CT molecular complexity index is 503. The first-order valence-electron chi connectivity index (χ1n) is 7.51. The van der Waals surface area contributed by atoms with E-state index in [1.54, 1.807) is 0 Å². The van der Waals surface area contributed by atoms with Gasteiger partial charge in [0, 0.05) is 34.7 Å². The molecule has 2 heterocycles. The topological polar surface area (TPSA) is 44.5 Å². The number of nitrogens with two attached hydrogens (primary N) is 1.